The van der Waals surface area contributed by atoms with Crippen LogP contribution in [0.1, 0.15) is 26.3 Å². The van der Waals surface area contributed by atoms with Crippen LogP contribution in [0.2, 0.25) is 0 Å². The van der Waals surface area contributed by atoms with Gasteiger partial charge in [-0.1, -0.05) is 0 Å². The van der Waals surface area contributed by atoms with Gasteiger partial charge in [-0.2, -0.15) is 4.98 Å². The molecule has 1 atom stereocenters. The van der Waals surface area contributed by atoms with E-state index < -0.39 is 32.9 Å². The van der Waals surface area contributed by atoms with Gasteiger partial charge in [0.1, 0.15) is 16.5 Å². The van der Waals surface area contributed by atoms with E-state index in [1.54, 1.807) is 20.8 Å². The highest BCUT2D eigenvalue weighted by molar-refractivity contribution is 9.10. The Morgan fingerprint density at radius 1 is 1.39 bits per heavy atom. The third kappa shape index (κ3) is 5.35. The van der Waals surface area contributed by atoms with E-state index in [2.05, 4.69) is 36.5 Å². The van der Waals surface area contributed by atoms with Gasteiger partial charge < -0.3 is 20.8 Å². The number of anilines is 3. The predicted molar refractivity (Wildman–Crippen MR) is 106 cm³/mol. The van der Waals surface area contributed by atoms with Crippen LogP contribution >= 0.6 is 15.9 Å². The normalized spacial score (nSPS) is 13.3. The SMILES string of the molecule is C[C@@H](Nc1nc(Nc2cc(F)c(S(N)(=O)=O)c(CO)c2)ncc1Br)C(C)(C)O. The maximum Gasteiger partial charge on any atom is 0.241 e. The monoisotopic (exact) mass is 477 g/mol. The molecule has 1 aromatic heterocycles. The number of sulfonamides is 1. The van der Waals surface area contributed by atoms with E-state index in [1.807, 2.05) is 0 Å². The van der Waals surface area contributed by atoms with Crippen molar-refractivity contribution in [3.8, 4) is 0 Å². The highest BCUT2D eigenvalue weighted by Gasteiger charge is 2.24. The van der Waals surface area contributed by atoms with Gasteiger partial charge in [-0.15, -0.1) is 0 Å². The van der Waals surface area contributed by atoms with Crippen LogP contribution in [0.3, 0.4) is 0 Å². The summed E-state index contributed by atoms with van der Waals surface area (Å²) in [6, 6.07) is 1.80. The maximum atomic E-state index is 14.2. The Balaban J connectivity index is 2.36. The van der Waals surface area contributed by atoms with Gasteiger partial charge in [0.2, 0.25) is 16.0 Å². The lowest BCUT2D eigenvalue weighted by atomic mass is 10.0. The van der Waals surface area contributed by atoms with E-state index >= 15 is 0 Å². The fourth-order valence-corrected chi connectivity index (χ4v) is 3.32. The summed E-state index contributed by atoms with van der Waals surface area (Å²) in [5.74, 6) is -0.640. The van der Waals surface area contributed by atoms with Gasteiger partial charge in [-0.05, 0) is 48.8 Å². The number of aliphatic hydroxyl groups is 2. The summed E-state index contributed by atoms with van der Waals surface area (Å²) in [4.78, 5) is 7.55. The van der Waals surface area contributed by atoms with Gasteiger partial charge in [-0.25, -0.2) is 22.9 Å². The number of benzene rings is 1. The number of aromatic nitrogens is 2. The average molecular weight is 478 g/mol. The number of nitrogens with zero attached hydrogens (tertiary/aromatic N) is 2. The molecule has 0 saturated carbocycles. The summed E-state index contributed by atoms with van der Waals surface area (Å²) >= 11 is 3.31. The quantitative estimate of drug-likeness (QED) is 0.405. The zero-order valence-electron chi connectivity index (χ0n) is 15.4. The second-order valence-electron chi connectivity index (χ2n) is 6.68. The lowest BCUT2D eigenvalue weighted by molar-refractivity contribution is 0.0647. The number of hydrogen-bond acceptors (Lipinski definition) is 8. The maximum absolute atomic E-state index is 14.2. The molecule has 2 aromatic rings. The van der Waals surface area contributed by atoms with Gasteiger partial charge in [0.05, 0.1) is 22.7 Å². The molecule has 0 fully saturated rings. The Morgan fingerprint density at radius 3 is 2.57 bits per heavy atom. The van der Waals surface area contributed by atoms with Gasteiger partial charge in [0.15, 0.2) is 0 Å². The highest BCUT2D eigenvalue weighted by atomic mass is 79.9. The number of aliphatic hydroxyl groups excluding tert-OH is 1. The minimum atomic E-state index is -4.34. The molecule has 6 N–H and O–H groups in total. The van der Waals surface area contributed by atoms with E-state index in [9.17, 15) is 23.0 Å². The average Bonchev–Trinajstić information content (AvgIpc) is 2.55. The molecule has 0 aliphatic heterocycles. The van der Waals surface area contributed by atoms with Crippen molar-refractivity contribution in [3.63, 3.8) is 0 Å². The second kappa shape index (κ2) is 8.25. The first-order valence-electron chi connectivity index (χ1n) is 8.07. The number of nitrogens with two attached hydrogens (primary N) is 1. The highest BCUT2D eigenvalue weighted by Crippen LogP contribution is 2.27. The molecule has 154 valence electrons. The van der Waals surface area contributed by atoms with Crippen LogP contribution in [0.5, 0.6) is 0 Å². The molecular weight excluding hydrogens is 457 g/mol. The fourth-order valence-electron chi connectivity index (χ4n) is 2.20. The smallest absolute Gasteiger partial charge is 0.241 e. The zero-order valence-corrected chi connectivity index (χ0v) is 17.8. The Morgan fingerprint density at radius 2 is 2.04 bits per heavy atom. The van der Waals surface area contributed by atoms with Crippen LogP contribution < -0.4 is 15.8 Å². The van der Waals surface area contributed by atoms with Gasteiger partial charge >= 0.3 is 0 Å². The molecule has 0 unspecified atom stereocenters. The molecule has 0 aliphatic carbocycles. The van der Waals surface area contributed by atoms with Crippen molar-refractivity contribution in [2.75, 3.05) is 10.6 Å². The molecule has 1 aromatic carbocycles. The number of rotatable bonds is 7. The number of nitrogens with one attached hydrogen (secondary N) is 2. The second-order valence-corrected chi connectivity index (χ2v) is 9.04. The van der Waals surface area contributed by atoms with Crippen molar-refractivity contribution >= 4 is 43.4 Å². The summed E-state index contributed by atoms with van der Waals surface area (Å²) in [6.07, 6.45) is 1.46. The Kier molecular flexibility index (Phi) is 6.61. The molecule has 0 radical (unpaired) electrons. The topological polar surface area (TPSA) is 150 Å². The molecule has 0 spiro atoms. The van der Waals surface area contributed by atoms with Gasteiger partial charge in [-0.3, -0.25) is 0 Å². The molecule has 1 heterocycles. The number of hydrogen-bond donors (Lipinski definition) is 5. The van der Waals surface area contributed by atoms with E-state index in [4.69, 9.17) is 5.14 Å². The first kappa shape index (κ1) is 22.4. The Labute approximate surface area is 170 Å². The van der Waals surface area contributed by atoms with Crippen LogP contribution in [0.25, 0.3) is 0 Å². The molecule has 9 nitrogen and oxygen atoms in total. The van der Waals surface area contributed by atoms with Crippen LogP contribution in [0.4, 0.5) is 21.8 Å². The first-order chi connectivity index (χ1) is 12.8. The zero-order chi connectivity index (χ0) is 21.3. The van der Waals surface area contributed by atoms with Crippen LogP contribution in [-0.4, -0.2) is 40.2 Å². The Bertz CT molecular complexity index is 982. The van der Waals surface area contributed by atoms with Crippen molar-refractivity contribution < 1.29 is 23.0 Å². The first-order valence-corrected chi connectivity index (χ1v) is 10.4. The summed E-state index contributed by atoms with van der Waals surface area (Å²) in [6.45, 7) is 4.34. The molecule has 0 aliphatic rings. The van der Waals surface area contributed by atoms with Crippen molar-refractivity contribution in [1.29, 1.82) is 0 Å². The fraction of sp³-hybridized carbons (Fsp3) is 0.375. The number of primary sulfonamides is 1. The summed E-state index contributed by atoms with van der Waals surface area (Å²) in [5.41, 5.74) is -1.09. The minimum Gasteiger partial charge on any atom is -0.392 e. The van der Waals surface area contributed by atoms with Crippen molar-refractivity contribution in [2.45, 2.75) is 43.9 Å². The molecule has 12 heteroatoms. The molecule has 28 heavy (non-hydrogen) atoms. The molecular formula is C16H21BrFN5O4S. The van der Waals surface area contributed by atoms with Crippen LogP contribution in [0, 0.1) is 5.82 Å². The van der Waals surface area contributed by atoms with Gasteiger partial charge in [0, 0.05) is 17.4 Å². The van der Waals surface area contributed by atoms with Crippen molar-refractivity contribution in [1.82, 2.24) is 9.97 Å². The van der Waals surface area contributed by atoms with Gasteiger partial charge in [0.25, 0.3) is 0 Å². The third-order valence-electron chi connectivity index (χ3n) is 3.99. The Hall–Kier alpha value is -1.86. The molecule has 2 rings (SSSR count). The molecule has 0 saturated heterocycles. The summed E-state index contributed by atoms with van der Waals surface area (Å²) < 4.78 is 37.8. The summed E-state index contributed by atoms with van der Waals surface area (Å²) in [7, 11) is -4.34. The van der Waals surface area contributed by atoms with E-state index in [0.29, 0.717) is 10.3 Å². The summed E-state index contributed by atoms with van der Waals surface area (Å²) in [5, 5.41) is 30.2. The van der Waals surface area contributed by atoms with Crippen LogP contribution in [-0.2, 0) is 16.6 Å². The van der Waals surface area contributed by atoms with E-state index in [1.165, 1.54) is 12.3 Å². The van der Waals surface area contributed by atoms with Crippen molar-refractivity contribution in [3.05, 3.63) is 34.2 Å². The largest absolute Gasteiger partial charge is 0.392 e. The standard InChI is InChI=1S/C16H21BrFN5O4S/c1-8(16(2,3)25)21-14-11(17)6-20-15(23-14)22-10-4-9(7-24)13(12(18)5-10)28(19,26)27/h4-6,8,24-25H,7H2,1-3H3,(H2,19,26,27)(H2,20,21,22,23)/t8-/m1/s1. The van der Waals surface area contributed by atoms with E-state index in [-0.39, 0.29) is 23.2 Å². The minimum absolute atomic E-state index is 0.0836. The lowest BCUT2D eigenvalue weighted by Crippen LogP contribution is -2.39. The number of halogens is 2. The van der Waals surface area contributed by atoms with Crippen molar-refractivity contribution in [2.24, 2.45) is 5.14 Å². The predicted octanol–water partition coefficient (Wildman–Crippen LogP) is 1.83. The molecule has 0 amide bonds. The van der Waals surface area contributed by atoms with Crippen LogP contribution in [0.15, 0.2) is 27.7 Å². The van der Waals surface area contributed by atoms with E-state index in [0.717, 1.165) is 6.07 Å². The third-order valence-corrected chi connectivity index (χ3v) is 5.60. The lowest BCUT2D eigenvalue weighted by Gasteiger charge is -2.27. The molecule has 0 bridgehead atoms.